The van der Waals surface area contributed by atoms with E-state index in [0.717, 1.165) is 5.69 Å². The smallest absolute Gasteiger partial charge is 0.232 e. The molecule has 2 amide bonds. The van der Waals surface area contributed by atoms with E-state index in [4.69, 9.17) is 9.47 Å². The van der Waals surface area contributed by atoms with E-state index in [9.17, 15) is 9.59 Å². The highest BCUT2D eigenvalue weighted by Crippen LogP contribution is 2.36. The first kappa shape index (κ1) is 18.8. The number of carbonyl (C=O) groups is 2. The molecule has 27 heavy (non-hydrogen) atoms. The maximum absolute atomic E-state index is 13.1. The van der Waals surface area contributed by atoms with Crippen LogP contribution in [0.25, 0.3) is 0 Å². The zero-order chi connectivity index (χ0) is 19.4. The molecule has 1 heterocycles. The van der Waals surface area contributed by atoms with Crippen molar-refractivity contribution in [3.05, 3.63) is 48.5 Å². The normalized spacial score (nSPS) is 16.3. The molecule has 1 atom stereocenters. The summed E-state index contributed by atoms with van der Waals surface area (Å²) in [7, 11) is 3.13. The third kappa shape index (κ3) is 3.74. The summed E-state index contributed by atoms with van der Waals surface area (Å²) in [6, 6.07) is 14.8. The van der Waals surface area contributed by atoms with Crippen molar-refractivity contribution < 1.29 is 19.1 Å². The second kappa shape index (κ2) is 8.12. The van der Waals surface area contributed by atoms with Crippen LogP contribution in [-0.2, 0) is 9.59 Å². The van der Waals surface area contributed by atoms with Crippen molar-refractivity contribution in [2.45, 2.75) is 13.3 Å². The molecule has 0 radical (unpaired) electrons. The molecule has 0 aromatic heterocycles. The summed E-state index contributed by atoms with van der Waals surface area (Å²) >= 11 is 0. The van der Waals surface area contributed by atoms with Gasteiger partial charge in [-0.1, -0.05) is 18.2 Å². The van der Waals surface area contributed by atoms with Crippen molar-refractivity contribution in [3.8, 4) is 11.5 Å². The van der Waals surface area contributed by atoms with Crippen LogP contribution in [0.5, 0.6) is 11.5 Å². The van der Waals surface area contributed by atoms with Crippen molar-refractivity contribution in [1.29, 1.82) is 0 Å². The van der Waals surface area contributed by atoms with Gasteiger partial charge in [0.1, 0.15) is 11.5 Å². The van der Waals surface area contributed by atoms with Gasteiger partial charge in [-0.25, -0.2) is 0 Å². The molecule has 1 aliphatic heterocycles. The third-order valence-corrected chi connectivity index (χ3v) is 4.80. The van der Waals surface area contributed by atoms with E-state index < -0.39 is 5.92 Å². The van der Waals surface area contributed by atoms with Crippen molar-refractivity contribution >= 4 is 23.2 Å². The minimum atomic E-state index is -0.395. The molecule has 6 nitrogen and oxygen atoms in total. The maximum Gasteiger partial charge on any atom is 0.232 e. The zero-order valence-corrected chi connectivity index (χ0v) is 15.8. The molecule has 0 aliphatic carbocycles. The van der Waals surface area contributed by atoms with E-state index in [1.807, 2.05) is 37.3 Å². The number of benzene rings is 2. The summed E-state index contributed by atoms with van der Waals surface area (Å²) < 4.78 is 10.7. The molecule has 2 aromatic rings. The number of rotatable bonds is 6. The number of carbonyl (C=O) groups excluding carboxylic acids is 2. The van der Waals surface area contributed by atoms with Crippen LogP contribution in [0.15, 0.2) is 48.5 Å². The van der Waals surface area contributed by atoms with Crippen molar-refractivity contribution in [2.24, 2.45) is 5.92 Å². The topological polar surface area (TPSA) is 59.1 Å². The van der Waals surface area contributed by atoms with Gasteiger partial charge < -0.3 is 19.3 Å². The van der Waals surface area contributed by atoms with Crippen LogP contribution in [0, 0.1) is 5.92 Å². The van der Waals surface area contributed by atoms with Gasteiger partial charge in [0, 0.05) is 31.3 Å². The van der Waals surface area contributed by atoms with Crippen LogP contribution in [0.4, 0.5) is 11.4 Å². The Hall–Kier alpha value is -3.02. The fourth-order valence-corrected chi connectivity index (χ4v) is 3.41. The number of nitrogens with zero attached hydrogens (tertiary/aromatic N) is 2. The lowest BCUT2D eigenvalue weighted by molar-refractivity contribution is -0.124. The van der Waals surface area contributed by atoms with Gasteiger partial charge in [-0.3, -0.25) is 9.59 Å². The molecule has 1 aliphatic rings. The Bertz CT molecular complexity index is 822. The van der Waals surface area contributed by atoms with Gasteiger partial charge in [-0.2, -0.15) is 0 Å². The average molecular weight is 368 g/mol. The summed E-state index contributed by atoms with van der Waals surface area (Å²) in [4.78, 5) is 29.1. The van der Waals surface area contributed by atoms with Gasteiger partial charge in [0.25, 0.3) is 0 Å². The van der Waals surface area contributed by atoms with Crippen molar-refractivity contribution in [2.75, 3.05) is 37.1 Å². The van der Waals surface area contributed by atoms with E-state index in [1.165, 1.54) is 0 Å². The lowest BCUT2D eigenvalue weighted by atomic mass is 10.1. The highest BCUT2D eigenvalue weighted by Gasteiger charge is 2.38. The molecule has 2 aromatic carbocycles. The van der Waals surface area contributed by atoms with E-state index in [2.05, 4.69) is 0 Å². The molecule has 3 rings (SSSR count). The fraction of sp³-hybridized carbons (Fsp3) is 0.333. The number of ether oxygens (including phenoxy) is 2. The van der Waals surface area contributed by atoms with E-state index in [1.54, 1.807) is 42.2 Å². The Morgan fingerprint density at radius 3 is 2.52 bits per heavy atom. The lowest BCUT2D eigenvalue weighted by Crippen LogP contribution is -2.37. The van der Waals surface area contributed by atoms with Crippen LogP contribution in [-0.4, -0.2) is 39.1 Å². The fourth-order valence-electron chi connectivity index (χ4n) is 3.41. The number of hydrogen-bond donors (Lipinski definition) is 0. The number of methoxy groups -OCH3 is 2. The summed E-state index contributed by atoms with van der Waals surface area (Å²) in [6.07, 6.45) is 0.183. The van der Waals surface area contributed by atoms with E-state index in [0.29, 0.717) is 30.3 Å². The Labute approximate surface area is 159 Å². The Kier molecular flexibility index (Phi) is 5.64. The van der Waals surface area contributed by atoms with Gasteiger partial charge in [0.15, 0.2) is 0 Å². The minimum absolute atomic E-state index is 0.0404. The lowest BCUT2D eigenvalue weighted by Gasteiger charge is -2.25. The molecule has 0 spiro atoms. The van der Waals surface area contributed by atoms with Crippen LogP contribution >= 0.6 is 0 Å². The molecule has 0 bridgehead atoms. The first-order valence-corrected chi connectivity index (χ1v) is 8.97. The summed E-state index contributed by atoms with van der Waals surface area (Å²) in [5, 5.41) is 0. The zero-order valence-electron chi connectivity index (χ0n) is 15.8. The number of hydrogen-bond acceptors (Lipinski definition) is 4. The second-order valence-electron chi connectivity index (χ2n) is 6.36. The van der Waals surface area contributed by atoms with Gasteiger partial charge in [0.05, 0.1) is 25.8 Å². The molecule has 1 saturated heterocycles. The van der Waals surface area contributed by atoms with E-state index >= 15 is 0 Å². The molecule has 0 N–H and O–H groups in total. The molecule has 142 valence electrons. The quantitative estimate of drug-likeness (QED) is 0.786. The summed E-state index contributed by atoms with van der Waals surface area (Å²) in [6.45, 7) is 2.81. The monoisotopic (exact) mass is 368 g/mol. The largest absolute Gasteiger partial charge is 0.497 e. The predicted octanol–water partition coefficient (Wildman–Crippen LogP) is 3.11. The van der Waals surface area contributed by atoms with Crippen molar-refractivity contribution in [1.82, 2.24) is 0 Å². The Balaban J connectivity index is 1.84. The van der Waals surface area contributed by atoms with Crippen LogP contribution < -0.4 is 19.3 Å². The maximum atomic E-state index is 13.1. The van der Waals surface area contributed by atoms with Gasteiger partial charge in [0.2, 0.25) is 11.8 Å². The van der Waals surface area contributed by atoms with E-state index in [-0.39, 0.29) is 18.2 Å². The summed E-state index contributed by atoms with van der Waals surface area (Å²) in [5.41, 5.74) is 1.47. The van der Waals surface area contributed by atoms with Crippen LogP contribution in [0.1, 0.15) is 13.3 Å². The molecular weight excluding hydrogens is 344 g/mol. The number of anilines is 2. The van der Waals surface area contributed by atoms with Crippen LogP contribution in [0.2, 0.25) is 0 Å². The molecule has 0 saturated carbocycles. The number of para-hydroxylation sites is 1. The number of amides is 2. The first-order chi connectivity index (χ1) is 13.1. The Morgan fingerprint density at radius 2 is 1.89 bits per heavy atom. The molecule has 6 heteroatoms. The average Bonchev–Trinajstić information content (AvgIpc) is 3.10. The SMILES string of the molecule is CCN(C(=O)[C@@H]1CC(=O)N(c2cc(OC)ccc2OC)C1)c1ccccc1. The minimum Gasteiger partial charge on any atom is -0.497 e. The third-order valence-electron chi connectivity index (χ3n) is 4.80. The molecular formula is C21H24N2O4. The highest BCUT2D eigenvalue weighted by molar-refractivity contribution is 6.05. The van der Waals surface area contributed by atoms with Gasteiger partial charge in [-0.05, 0) is 31.2 Å². The Morgan fingerprint density at radius 1 is 1.15 bits per heavy atom. The second-order valence-corrected chi connectivity index (χ2v) is 6.36. The predicted molar refractivity (Wildman–Crippen MR) is 104 cm³/mol. The highest BCUT2D eigenvalue weighted by atomic mass is 16.5. The molecule has 1 fully saturated rings. The van der Waals surface area contributed by atoms with Gasteiger partial charge >= 0.3 is 0 Å². The van der Waals surface area contributed by atoms with Gasteiger partial charge in [-0.15, -0.1) is 0 Å². The molecule has 0 unspecified atom stereocenters. The van der Waals surface area contributed by atoms with Crippen LogP contribution in [0.3, 0.4) is 0 Å². The first-order valence-electron chi connectivity index (χ1n) is 8.97. The standard InChI is InChI=1S/C21H24N2O4/c1-4-22(16-8-6-5-7-9-16)21(25)15-12-20(24)23(14-15)18-13-17(26-2)10-11-19(18)27-3/h5-11,13,15H,4,12,14H2,1-3H3/t15-/m1/s1. The summed E-state index contributed by atoms with van der Waals surface area (Å²) in [5.74, 6) is 0.680. The van der Waals surface area contributed by atoms with Crippen molar-refractivity contribution in [3.63, 3.8) is 0 Å².